The Hall–Kier alpha value is -2.59. The van der Waals surface area contributed by atoms with E-state index in [1.54, 1.807) is 31.3 Å². The van der Waals surface area contributed by atoms with Crippen molar-refractivity contribution in [1.82, 2.24) is 4.98 Å². The molecule has 7 heteroatoms. The minimum atomic E-state index is -3.76. The first-order valence-corrected chi connectivity index (χ1v) is 7.21. The highest BCUT2D eigenvalue weighted by atomic mass is 32.2. The molecule has 0 aliphatic rings. The van der Waals surface area contributed by atoms with Crippen LogP contribution in [0.4, 0.5) is 11.5 Å². The van der Waals surface area contributed by atoms with E-state index in [4.69, 9.17) is 5.26 Å². The molecule has 0 aliphatic carbocycles. The number of hydrogen-bond donors (Lipinski definition) is 2. The van der Waals surface area contributed by atoms with E-state index in [0.29, 0.717) is 5.82 Å². The zero-order valence-corrected chi connectivity index (χ0v) is 11.5. The summed E-state index contributed by atoms with van der Waals surface area (Å²) in [5.74, 6) is 0.571. The molecule has 2 N–H and O–H groups in total. The van der Waals surface area contributed by atoms with Gasteiger partial charge in [0.25, 0.3) is 10.0 Å². The standard InChI is InChI=1S/C13H12N4O2S/c1-15-13-7-6-11(9-16-13)20(18,19)17-12-5-3-2-4-10(12)8-14/h2-7,9,17H,1H3,(H,15,16). The van der Waals surface area contributed by atoms with E-state index in [1.807, 2.05) is 6.07 Å². The molecule has 1 heterocycles. The van der Waals surface area contributed by atoms with Gasteiger partial charge in [0.15, 0.2) is 0 Å². The highest BCUT2D eigenvalue weighted by Crippen LogP contribution is 2.19. The molecule has 0 saturated carbocycles. The second kappa shape index (κ2) is 5.59. The lowest BCUT2D eigenvalue weighted by Crippen LogP contribution is -2.14. The maximum Gasteiger partial charge on any atom is 0.263 e. The third-order valence-corrected chi connectivity index (χ3v) is 3.95. The average Bonchev–Trinajstić information content (AvgIpc) is 2.47. The molecule has 1 aromatic carbocycles. The van der Waals surface area contributed by atoms with Gasteiger partial charge in [-0.1, -0.05) is 12.1 Å². The Morgan fingerprint density at radius 2 is 1.95 bits per heavy atom. The Bertz CT molecular complexity index is 749. The smallest absolute Gasteiger partial charge is 0.263 e. The first-order valence-electron chi connectivity index (χ1n) is 5.72. The quantitative estimate of drug-likeness (QED) is 0.894. The van der Waals surface area contributed by atoms with E-state index < -0.39 is 10.0 Å². The molecule has 0 saturated heterocycles. The van der Waals surface area contributed by atoms with Gasteiger partial charge in [0, 0.05) is 13.2 Å². The van der Waals surface area contributed by atoms with Crippen molar-refractivity contribution in [1.29, 1.82) is 5.26 Å². The van der Waals surface area contributed by atoms with Gasteiger partial charge in [0.05, 0.1) is 11.3 Å². The zero-order valence-electron chi connectivity index (χ0n) is 10.7. The number of benzene rings is 1. The number of nitrogens with one attached hydrogen (secondary N) is 2. The Kier molecular flexibility index (Phi) is 3.86. The lowest BCUT2D eigenvalue weighted by Gasteiger charge is -2.09. The Morgan fingerprint density at radius 1 is 1.20 bits per heavy atom. The second-order valence-corrected chi connectivity index (χ2v) is 5.57. The molecule has 1 aromatic heterocycles. The lowest BCUT2D eigenvalue weighted by molar-refractivity contribution is 0.601. The predicted octanol–water partition coefficient (Wildman–Crippen LogP) is 1.80. The summed E-state index contributed by atoms with van der Waals surface area (Å²) in [5.41, 5.74) is 0.503. The van der Waals surface area contributed by atoms with Crippen LogP contribution in [0, 0.1) is 11.3 Å². The van der Waals surface area contributed by atoms with Gasteiger partial charge >= 0.3 is 0 Å². The fourth-order valence-electron chi connectivity index (χ4n) is 1.56. The highest BCUT2D eigenvalue weighted by Gasteiger charge is 2.16. The van der Waals surface area contributed by atoms with Gasteiger partial charge in [-0.15, -0.1) is 0 Å². The second-order valence-electron chi connectivity index (χ2n) is 3.89. The molecule has 102 valence electrons. The summed E-state index contributed by atoms with van der Waals surface area (Å²) in [6.45, 7) is 0. The van der Waals surface area contributed by atoms with Crippen molar-refractivity contribution in [3.8, 4) is 6.07 Å². The van der Waals surface area contributed by atoms with Crippen LogP contribution in [0.2, 0.25) is 0 Å². The Morgan fingerprint density at radius 3 is 2.55 bits per heavy atom. The molecule has 0 unspecified atom stereocenters. The lowest BCUT2D eigenvalue weighted by atomic mass is 10.2. The molecule has 2 rings (SSSR count). The minimum Gasteiger partial charge on any atom is -0.373 e. The van der Waals surface area contributed by atoms with Crippen molar-refractivity contribution in [2.75, 3.05) is 17.1 Å². The Balaban J connectivity index is 2.33. The summed E-state index contributed by atoms with van der Waals surface area (Å²) >= 11 is 0. The number of rotatable bonds is 4. The number of sulfonamides is 1. The molecule has 20 heavy (non-hydrogen) atoms. The van der Waals surface area contributed by atoms with Crippen LogP contribution >= 0.6 is 0 Å². The van der Waals surface area contributed by atoms with Gasteiger partial charge in [-0.25, -0.2) is 13.4 Å². The molecule has 0 spiro atoms. The van der Waals surface area contributed by atoms with Crippen molar-refractivity contribution in [2.24, 2.45) is 0 Å². The number of aromatic nitrogens is 1. The molecule has 6 nitrogen and oxygen atoms in total. The SMILES string of the molecule is CNc1ccc(S(=O)(=O)Nc2ccccc2C#N)cn1. The third kappa shape index (κ3) is 2.87. The molecule has 0 aliphatic heterocycles. The number of nitrogens with zero attached hydrogens (tertiary/aromatic N) is 2. The van der Waals surface area contributed by atoms with Gasteiger partial charge in [-0.3, -0.25) is 4.72 Å². The monoisotopic (exact) mass is 288 g/mol. The van der Waals surface area contributed by atoms with Crippen molar-refractivity contribution < 1.29 is 8.42 Å². The van der Waals surface area contributed by atoms with Gasteiger partial charge in [0.1, 0.15) is 16.8 Å². The number of hydrogen-bond acceptors (Lipinski definition) is 5. The first kappa shape index (κ1) is 13.8. The van der Waals surface area contributed by atoms with E-state index in [2.05, 4.69) is 15.0 Å². The number of pyridine rings is 1. The van der Waals surface area contributed by atoms with Crippen molar-refractivity contribution in [3.63, 3.8) is 0 Å². The van der Waals surface area contributed by atoms with Gasteiger partial charge in [-0.2, -0.15) is 5.26 Å². The van der Waals surface area contributed by atoms with Gasteiger partial charge in [0.2, 0.25) is 0 Å². The van der Waals surface area contributed by atoms with Crippen molar-refractivity contribution in [2.45, 2.75) is 4.90 Å². The largest absolute Gasteiger partial charge is 0.373 e. The van der Waals surface area contributed by atoms with Crippen LogP contribution < -0.4 is 10.0 Å². The van der Waals surface area contributed by atoms with Crippen molar-refractivity contribution >= 4 is 21.5 Å². The molecular weight excluding hydrogens is 276 g/mol. The average molecular weight is 288 g/mol. The van der Waals surface area contributed by atoms with Crippen LogP contribution in [0.15, 0.2) is 47.5 Å². The number of anilines is 2. The fourth-order valence-corrected chi connectivity index (χ4v) is 2.58. The van der Waals surface area contributed by atoms with Crippen LogP contribution in [-0.2, 0) is 10.0 Å². The highest BCUT2D eigenvalue weighted by molar-refractivity contribution is 7.92. The van der Waals surface area contributed by atoms with E-state index >= 15 is 0 Å². The maximum absolute atomic E-state index is 12.2. The van der Waals surface area contributed by atoms with Crippen LogP contribution in [0.25, 0.3) is 0 Å². The van der Waals surface area contributed by atoms with Crippen molar-refractivity contribution in [3.05, 3.63) is 48.2 Å². The first-order chi connectivity index (χ1) is 9.56. The molecule has 0 radical (unpaired) electrons. The summed E-state index contributed by atoms with van der Waals surface area (Å²) in [6, 6.07) is 11.3. The van der Waals surface area contributed by atoms with E-state index in [0.717, 1.165) is 0 Å². The van der Waals surface area contributed by atoms with Crippen LogP contribution in [0.1, 0.15) is 5.56 Å². The van der Waals surface area contributed by atoms with Gasteiger partial charge in [-0.05, 0) is 24.3 Å². The van der Waals surface area contributed by atoms with Crippen LogP contribution in [-0.4, -0.2) is 20.4 Å². The number of para-hydroxylation sites is 1. The maximum atomic E-state index is 12.2. The van der Waals surface area contributed by atoms with E-state index in [-0.39, 0.29) is 16.1 Å². The molecule has 0 amide bonds. The van der Waals surface area contributed by atoms with Crippen LogP contribution in [0.3, 0.4) is 0 Å². The summed E-state index contributed by atoms with van der Waals surface area (Å²) in [5, 5.41) is 11.8. The molecule has 0 fully saturated rings. The van der Waals surface area contributed by atoms with Crippen LogP contribution in [0.5, 0.6) is 0 Å². The molecule has 2 aromatic rings. The van der Waals surface area contributed by atoms with Gasteiger partial charge < -0.3 is 5.32 Å². The summed E-state index contributed by atoms with van der Waals surface area (Å²) in [6.07, 6.45) is 1.25. The third-order valence-electron chi connectivity index (χ3n) is 2.59. The van der Waals surface area contributed by atoms with E-state index in [9.17, 15) is 8.42 Å². The fraction of sp³-hybridized carbons (Fsp3) is 0.0769. The Labute approximate surface area is 117 Å². The molecular formula is C13H12N4O2S. The minimum absolute atomic E-state index is 0.0317. The summed E-state index contributed by atoms with van der Waals surface area (Å²) in [4.78, 5) is 3.98. The van der Waals surface area contributed by atoms with E-state index in [1.165, 1.54) is 18.3 Å². The summed E-state index contributed by atoms with van der Waals surface area (Å²) < 4.78 is 26.8. The molecule has 0 atom stereocenters. The predicted molar refractivity (Wildman–Crippen MR) is 75.7 cm³/mol. The zero-order chi connectivity index (χ0) is 14.6. The topological polar surface area (TPSA) is 94.9 Å². The normalized spacial score (nSPS) is 10.6. The number of nitriles is 1. The summed E-state index contributed by atoms with van der Waals surface area (Å²) in [7, 11) is -2.07. The molecule has 0 bridgehead atoms.